The van der Waals surface area contributed by atoms with E-state index in [-0.39, 0.29) is 48.8 Å². The van der Waals surface area contributed by atoms with E-state index < -0.39 is 32.2 Å². The van der Waals surface area contributed by atoms with Crippen molar-refractivity contribution in [1.82, 2.24) is 4.90 Å². The Morgan fingerprint density at radius 3 is 2.14 bits per heavy atom. The molecule has 290 valence electrons. The van der Waals surface area contributed by atoms with Gasteiger partial charge in [0.1, 0.15) is 5.75 Å². The maximum absolute atomic E-state index is 14.2. The third-order valence-corrected chi connectivity index (χ3v) is 17.6. The molecule has 1 aromatic heterocycles. The number of carbonyl (C=O) groups is 2. The second-order valence-electron chi connectivity index (χ2n) is 16.2. The number of fused-ring (bicyclic) bond motifs is 2. The number of carbonyl (C=O) groups excluding carboxylic acids is 2. The first-order chi connectivity index (χ1) is 26.9. The predicted molar refractivity (Wildman–Crippen MR) is 227 cm³/mol. The largest absolute Gasteiger partial charge is 0.507 e. The van der Waals surface area contributed by atoms with E-state index in [2.05, 4.69) is 51.1 Å². The Balaban J connectivity index is 1.26. The number of phenols is 1. The first kappa shape index (κ1) is 39.6. The highest BCUT2D eigenvalue weighted by Gasteiger charge is 2.56. The van der Waals surface area contributed by atoms with Gasteiger partial charge in [-0.25, -0.2) is 0 Å². The zero-order valence-corrected chi connectivity index (χ0v) is 34.3. The van der Waals surface area contributed by atoms with Crippen molar-refractivity contribution >= 4 is 58.7 Å². The highest BCUT2D eigenvalue weighted by Crippen LogP contribution is 2.48. The number of phenolic OH excluding ortho intramolecular Hbond substituents is 1. The van der Waals surface area contributed by atoms with E-state index in [9.17, 15) is 24.9 Å². The number of aliphatic hydroxyl groups excluding tert-OH is 2. The molecule has 1 saturated heterocycles. The van der Waals surface area contributed by atoms with Crippen LogP contribution in [0.5, 0.6) is 5.75 Å². The molecule has 3 N–H and O–H groups in total. The Hall–Kier alpha value is -4.64. The maximum Gasteiger partial charge on any atom is 0.261 e. The average molecular weight is 786 g/mol. The average Bonchev–Trinajstić information content (AvgIpc) is 3.80. The molecule has 4 atom stereocenters. The van der Waals surface area contributed by atoms with Crippen LogP contribution in [0.4, 0.5) is 0 Å². The van der Waals surface area contributed by atoms with Gasteiger partial charge in [-0.15, -0.1) is 11.3 Å². The fraction of sp³-hybridized carbons (Fsp3) is 0.319. The predicted octanol–water partition coefficient (Wildman–Crippen LogP) is 7.84. The van der Waals surface area contributed by atoms with E-state index in [1.54, 1.807) is 6.07 Å². The topological polar surface area (TPSA) is 107 Å². The highest BCUT2D eigenvalue weighted by atomic mass is 32.1. The Morgan fingerprint density at radius 1 is 0.893 bits per heavy atom. The van der Waals surface area contributed by atoms with Crippen molar-refractivity contribution in [2.75, 3.05) is 13.2 Å². The number of hydrogen-bond donors (Lipinski definition) is 3. The first-order valence-corrected chi connectivity index (χ1v) is 22.2. The Kier molecular flexibility index (Phi) is 11.6. The lowest BCUT2D eigenvalue weighted by Crippen LogP contribution is -2.66. The van der Waals surface area contributed by atoms with Crippen LogP contribution in [0.3, 0.4) is 0 Å². The van der Waals surface area contributed by atoms with Crippen LogP contribution in [0.25, 0.3) is 16.8 Å². The summed E-state index contributed by atoms with van der Waals surface area (Å²) in [6.07, 6.45) is 2.27. The van der Waals surface area contributed by atoms with Gasteiger partial charge in [0.05, 0.1) is 37.7 Å². The molecule has 0 saturated carbocycles. The van der Waals surface area contributed by atoms with E-state index in [4.69, 9.17) is 4.43 Å². The summed E-state index contributed by atoms with van der Waals surface area (Å²) in [4.78, 5) is 30.6. The molecule has 4 aromatic carbocycles. The van der Waals surface area contributed by atoms with E-state index in [0.717, 1.165) is 42.7 Å². The summed E-state index contributed by atoms with van der Waals surface area (Å²) in [6, 6.07) is 35.9. The van der Waals surface area contributed by atoms with Crippen LogP contribution in [-0.4, -0.2) is 59.7 Å². The summed E-state index contributed by atoms with van der Waals surface area (Å²) < 4.78 is 7.41. The molecule has 7 nitrogen and oxygen atoms in total. The van der Waals surface area contributed by atoms with E-state index in [1.165, 1.54) is 16.2 Å². The highest BCUT2D eigenvalue weighted by molar-refractivity contribution is 7.09. The van der Waals surface area contributed by atoms with Gasteiger partial charge in [0, 0.05) is 16.2 Å². The summed E-state index contributed by atoms with van der Waals surface area (Å²) >= 11 is 1.50. The van der Waals surface area contributed by atoms with Gasteiger partial charge in [-0.1, -0.05) is 129 Å². The van der Waals surface area contributed by atoms with Crippen molar-refractivity contribution < 1.29 is 29.3 Å². The van der Waals surface area contributed by atoms with Gasteiger partial charge in [0.25, 0.3) is 8.32 Å². The van der Waals surface area contributed by atoms with Gasteiger partial charge in [-0.05, 0) is 81.2 Å². The normalized spacial score (nSPS) is 19.9. The fourth-order valence-electron chi connectivity index (χ4n) is 9.12. The quantitative estimate of drug-likeness (QED) is 0.0639. The minimum absolute atomic E-state index is 0.153. The monoisotopic (exact) mass is 785 g/mol. The molecule has 1 fully saturated rings. The molecule has 1 aliphatic heterocycles. The van der Waals surface area contributed by atoms with Crippen LogP contribution < -0.4 is 10.4 Å². The summed E-state index contributed by atoms with van der Waals surface area (Å²) in [5, 5.41) is 39.4. The standard InChI is InChI=1S/C47H51NO6SSi/c1-31(26-32-22-24-41(50)38-20-12-11-19-37(32)38)21-23-42(51)43-33(27-39-44(40(43)29-49)46(53)48(45(39)52)28-34-14-13-25-55-34)30-54-56(47(2,3)4,35-15-7-5-8-16-35)36-17-9-6-10-18-36/h5-20,22,24-26,39-40,42,44,49-51H,21,23,27-30H2,1-4H3/b31-26+/t39-,40+,42-,44-/m1/s1. The first-order valence-electron chi connectivity index (χ1n) is 19.5. The molecule has 2 heterocycles. The molecule has 0 unspecified atom stereocenters. The lowest BCUT2D eigenvalue weighted by Gasteiger charge is -2.44. The third kappa shape index (κ3) is 7.46. The second-order valence-corrected chi connectivity index (χ2v) is 21.6. The van der Waals surface area contributed by atoms with Gasteiger partial charge in [0.15, 0.2) is 0 Å². The molecule has 0 spiro atoms. The number of amides is 2. The van der Waals surface area contributed by atoms with Crippen LogP contribution in [0, 0.1) is 17.8 Å². The summed E-state index contributed by atoms with van der Waals surface area (Å²) in [5.41, 5.74) is 3.41. The Bertz CT molecular complexity index is 2210. The minimum atomic E-state index is -3.02. The van der Waals surface area contributed by atoms with Gasteiger partial charge in [-0.2, -0.15) is 0 Å². The van der Waals surface area contributed by atoms with Crippen LogP contribution in [0.2, 0.25) is 5.04 Å². The molecular weight excluding hydrogens is 735 g/mol. The molecule has 2 aliphatic rings. The van der Waals surface area contributed by atoms with Gasteiger partial charge >= 0.3 is 0 Å². The minimum Gasteiger partial charge on any atom is -0.507 e. The van der Waals surface area contributed by atoms with Crippen LogP contribution in [-0.2, 0) is 20.6 Å². The number of aromatic hydroxyl groups is 1. The second kappa shape index (κ2) is 16.4. The van der Waals surface area contributed by atoms with Crippen LogP contribution in [0.1, 0.15) is 57.4 Å². The number of allylic oxidation sites excluding steroid dienone is 1. The lowest BCUT2D eigenvalue weighted by molar-refractivity contribution is -0.140. The number of nitrogens with zero attached hydrogens (tertiary/aromatic N) is 1. The van der Waals surface area contributed by atoms with Gasteiger partial charge < -0.3 is 19.7 Å². The van der Waals surface area contributed by atoms with Crippen molar-refractivity contribution in [3.05, 3.63) is 142 Å². The van der Waals surface area contributed by atoms with Crippen LogP contribution in [0.15, 0.2) is 131 Å². The summed E-state index contributed by atoms with van der Waals surface area (Å²) in [7, 11) is -3.02. The zero-order chi connectivity index (χ0) is 39.6. The summed E-state index contributed by atoms with van der Waals surface area (Å²) in [5.74, 6) is -2.46. The van der Waals surface area contributed by atoms with Crippen LogP contribution >= 0.6 is 11.3 Å². The fourth-order valence-corrected chi connectivity index (χ4v) is 14.4. The number of rotatable bonds is 13. The molecule has 5 aromatic rings. The smallest absolute Gasteiger partial charge is 0.261 e. The molecular formula is C47H51NO6SSi. The number of thiophene rings is 1. The van der Waals surface area contributed by atoms with E-state index >= 15 is 0 Å². The molecule has 0 bridgehead atoms. The lowest BCUT2D eigenvalue weighted by atomic mass is 9.68. The number of aliphatic hydroxyl groups is 2. The van der Waals surface area contributed by atoms with Crippen molar-refractivity contribution in [3.8, 4) is 5.75 Å². The van der Waals surface area contributed by atoms with Gasteiger partial charge in [-0.3, -0.25) is 14.5 Å². The molecule has 56 heavy (non-hydrogen) atoms. The number of imide groups is 1. The van der Waals surface area contributed by atoms with Crippen molar-refractivity contribution in [2.24, 2.45) is 17.8 Å². The van der Waals surface area contributed by atoms with Crippen molar-refractivity contribution in [1.29, 1.82) is 0 Å². The number of benzene rings is 4. The maximum atomic E-state index is 14.2. The SMILES string of the molecule is C/C(=C\c1ccc(O)c2ccccc12)CC[C@@H](O)C1=C(CO[Si](c2ccccc2)(c2ccccc2)C(C)(C)C)C[C@H]2C(=O)N(Cc3cccs3)C(=O)[C@H]2[C@H]1CO. The molecule has 2 amide bonds. The van der Waals surface area contributed by atoms with E-state index in [1.807, 2.05) is 91.2 Å². The third-order valence-electron chi connectivity index (χ3n) is 11.8. The molecule has 9 heteroatoms. The Morgan fingerprint density at radius 2 is 1.54 bits per heavy atom. The molecule has 1 aliphatic carbocycles. The number of hydrogen-bond acceptors (Lipinski definition) is 7. The van der Waals surface area contributed by atoms with Crippen molar-refractivity contribution in [2.45, 2.75) is 64.6 Å². The zero-order valence-electron chi connectivity index (χ0n) is 32.5. The van der Waals surface area contributed by atoms with Gasteiger partial charge in [0.2, 0.25) is 11.8 Å². The molecule has 7 rings (SSSR count). The number of likely N-dealkylation sites (tertiary alicyclic amines) is 1. The molecule has 0 radical (unpaired) electrons. The van der Waals surface area contributed by atoms with Crippen molar-refractivity contribution in [3.63, 3.8) is 0 Å². The Labute approximate surface area is 334 Å². The summed E-state index contributed by atoms with van der Waals surface area (Å²) in [6.45, 7) is 8.64. The van der Waals surface area contributed by atoms with E-state index in [0.29, 0.717) is 18.4 Å².